The van der Waals surface area contributed by atoms with Crippen LogP contribution >= 0.6 is 0 Å². The molecule has 0 N–H and O–H groups in total. The zero-order valence-corrected chi connectivity index (χ0v) is 35.8. The molecule has 0 saturated heterocycles. The fraction of sp³-hybridized carbons (Fsp3) is 0.0339. The molecule has 0 radical (unpaired) electrons. The Balaban J connectivity index is 1.28. The van der Waals surface area contributed by atoms with E-state index in [1.807, 2.05) is 97.1 Å². The average Bonchev–Trinajstić information content (AvgIpc) is 3.70. The Labute approximate surface area is 377 Å². The summed E-state index contributed by atoms with van der Waals surface area (Å²) >= 11 is 0. The van der Waals surface area contributed by atoms with E-state index in [-0.39, 0.29) is 0 Å². The highest BCUT2D eigenvalue weighted by Gasteiger charge is 2.26. The molecule has 306 valence electrons. The number of aromatic nitrogens is 5. The van der Waals surface area contributed by atoms with Crippen molar-refractivity contribution in [3.05, 3.63) is 223 Å². The summed E-state index contributed by atoms with van der Waals surface area (Å²) in [5.74, 6) is 0.942. The lowest BCUT2D eigenvalue weighted by atomic mass is 9.97. The molecule has 6 heteroatoms. The lowest BCUT2D eigenvalue weighted by Crippen LogP contribution is -2.06. The molecule has 3 heterocycles. The smallest absolute Gasteiger partial charge is 0.162 e. The maximum atomic E-state index is 10.9. The van der Waals surface area contributed by atoms with E-state index in [0.29, 0.717) is 28.3 Å². The molecular weight excluding hydrogens is 793 g/mol. The van der Waals surface area contributed by atoms with Gasteiger partial charge in [-0.2, -0.15) is 5.26 Å². The summed E-state index contributed by atoms with van der Waals surface area (Å²) in [6.45, 7) is 4.30. The number of rotatable bonds is 8. The normalized spacial score (nSPS) is 11.2. The maximum absolute atomic E-state index is 10.9. The largest absolute Gasteiger partial charge is 0.308 e. The topological polar surface area (TPSA) is 80.3 Å². The van der Waals surface area contributed by atoms with E-state index in [9.17, 15) is 5.26 Å². The predicted octanol–water partition coefficient (Wildman–Crippen LogP) is 14.5. The van der Waals surface area contributed by atoms with Crippen LogP contribution in [0.4, 0.5) is 0 Å². The fourth-order valence-corrected chi connectivity index (χ4v) is 8.96. The Morgan fingerprint density at radius 2 is 0.831 bits per heavy atom. The Morgan fingerprint density at radius 3 is 1.29 bits per heavy atom. The molecule has 11 aromatic rings. The van der Waals surface area contributed by atoms with Gasteiger partial charge in [0.25, 0.3) is 0 Å². The highest BCUT2D eigenvalue weighted by atomic mass is 15.0. The van der Waals surface area contributed by atoms with E-state index in [0.717, 1.165) is 78.1 Å². The quantitative estimate of drug-likeness (QED) is 0.152. The van der Waals surface area contributed by atoms with Crippen molar-refractivity contribution in [1.82, 2.24) is 24.5 Å². The van der Waals surface area contributed by atoms with Crippen molar-refractivity contribution in [3.63, 3.8) is 0 Å². The number of benzene rings is 8. The summed E-state index contributed by atoms with van der Waals surface area (Å²) < 4.78 is 2.30. The van der Waals surface area contributed by atoms with Gasteiger partial charge in [0.1, 0.15) is 0 Å². The number of aryl methyl sites for hydroxylation is 2. The molecule has 6 nitrogen and oxygen atoms in total. The third-order valence-corrected chi connectivity index (χ3v) is 12.0. The summed E-state index contributed by atoms with van der Waals surface area (Å²) in [5, 5.41) is 13.1. The second kappa shape index (κ2) is 16.5. The fourth-order valence-electron chi connectivity index (χ4n) is 8.96. The molecule has 0 saturated carbocycles. The van der Waals surface area contributed by atoms with Crippen LogP contribution in [0.25, 0.3) is 106 Å². The second-order valence-electron chi connectivity index (χ2n) is 16.3. The van der Waals surface area contributed by atoms with Crippen LogP contribution in [0, 0.1) is 25.2 Å². The minimum atomic E-state index is 0.432. The Morgan fingerprint density at radius 1 is 0.385 bits per heavy atom. The lowest BCUT2D eigenvalue weighted by Gasteiger charge is -2.20. The molecule has 11 rings (SSSR count). The van der Waals surface area contributed by atoms with E-state index in [1.54, 1.807) is 0 Å². The monoisotopic (exact) mass is 832 g/mol. The molecule has 0 spiro atoms. The van der Waals surface area contributed by atoms with Gasteiger partial charge >= 0.3 is 0 Å². The zero-order chi connectivity index (χ0) is 43.9. The first kappa shape index (κ1) is 39.1. The van der Waals surface area contributed by atoms with Gasteiger partial charge in [-0.1, -0.05) is 169 Å². The van der Waals surface area contributed by atoms with Crippen molar-refractivity contribution in [3.8, 4) is 90.7 Å². The van der Waals surface area contributed by atoms with Crippen molar-refractivity contribution < 1.29 is 0 Å². The Hall–Kier alpha value is -8.79. The highest BCUT2D eigenvalue weighted by molar-refractivity contribution is 6.11. The molecule has 0 aliphatic heterocycles. The van der Waals surface area contributed by atoms with Gasteiger partial charge in [0.15, 0.2) is 11.6 Å². The first-order valence-electron chi connectivity index (χ1n) is 21.7. The first-order chi connectivity index (χ1) is 32.0. The second-order valence-corrected chi connectivity index (χ2v) is 16.3. The van der Waals surface area contributed by atoms with Gasteiger partial charge in [-0.05, 0) is 73.0 Å². The first-order valence-corrected chi connectivity index (χ1v) is 21.7. The van der Waals surface area contributed by atoms with Crippen molar-refractivity contribution in [1.29, 1.82) is 5.26 Å². The van der Waals surface area contributed by atoms with Gasteiger partial charge < -0.3 is 4.57 Å². The van der Waals surface area contributed by atoms with Crippen molar-refractivity contribution in [2.45, 2.75) is 13.8 Å². The van der Waals surface area contributed by atoms with Gasteiger partial charge in [-0.3, -0.25) is 0 Å². The summed E-state index contributed by atoms with van der Waals surface area (Å²) in [5.41, 5.74) is 16.1. The van der Waals surface area contributed by atoms with Crippen LogP contribution in [0.3, 0.4) is 0 Å². The number of hydrogen-bond donors (Lipinski definition) is 0. The minimum Gasteiger partial charge on any atom is -0.308 e. The molecule has 0 fully saturated rings. The van der Waals surface area contributed by atoms with Gasteiger partial charge in [0.2, 0.25) is 0 Å². The molecule has 0 aliphatic rings. The van der Waals surface area contributed by atoms with Gasteiger partial charge in [-0.25, -0.2) is 19.9 Å². The van der Waals surface area contributed by atoms with Crippen LogP contribution in [-0.2, 0) is 0 Å². The summed E-state index contributed by atoms with van der Waals surface area (Å²) in [6, 6.07) is 72.9. The molecule has 0 bridgehead atoms. The van der Waals surface area contributed by atoms with E-state index in [2.05, 4.69) is 134 Å². The molecule has 8 aromatic carbocycles. The van der Waals surface area contributed by atoms with Gasteiger partial charge in [0, 0.05) is 44.2 Å². The number of nitriles is 1. The Bertz CT molecular complexity index is 3350. The maximum Gasteiger partial charge on any atom is 0.162 e. The molecule has 0 amide bonds. The van der Waals surface area contributed by atoms with E-state index in [4.69, 9.17) is 19.9 Å². The van der Waals surface area contributed by atoms with Gasteiger partial charge in [0.05, 0.1) is 51.1 Å². The summed E-state index contributed by atoms with van der Waals surface area (Å²) in [7, 11) is 0. The van der Waals surface area contributed by atoms with Crippen LogP contribution in [-0.4, -0.2) is 24.5 Å². The number of hydrogen-bond acceptors (Lipinski definition) is 5. The molecule has 65 heavy (non-hydrogen) atoms. The predicted molar refractivity (Wildman–Crippen MR) is 264 cm³/mol. The lowest BCUT2D eigenvalue weighted by molar-refractivity contribution is 1.12. The van der Waals surface area contributed by atoms with Crippen LogP contribution in [0.1, 0.15) is 16.7 Å². The minimum absolute atomic E-state index is 0.432. The zero-order valence-electron chi connectivity index (χ0n) is 35.8. The standard InChI is InChI=1S/C59H40N6/c1-38-27-29-46(39(2)31-38)45-28-30-56-48(34-45)47-25-15-16-26-55(47)65(56)57-49(58-61-51(41-17-7-3-8-18-41)35-52(62-58)42-19-9-4-10-20-42)32-40(37-60)33-50(57)59-63-53(43-21-11-5-12-22-43)36-54(64-59)44-23-13-6-14-24-44/h3-36H,1-2H3. The van der Waals surface area contributed by atoms with Crippen LogP contribution < -0.4 is 0 Å². The van der Waals surface area contributed by atoms with E-state index in [1.165, 1.54) is 16.7 Å². The number of nitrogens with zero attached hydrogens (tertiary/aromatic N) is 6. The third kappa shape index (κ3) is 7.31. The van der Waals surface area contributed by atoms with Crippen LogP contribution in [0.5, 0.6) is 0 Å². The molecular formula is C59H40N6. The third-order valence-electron chi connectivity index (χ3n) is 12.0. The average molecular weight is 833 g/mol. The SMILES string of the molecule is Cc1ccc(-c2ccc3c(c2)c2ccccc2n3-c2c(-c3nc(-c4ccccc4)cc(-c4ccccc4)n3)cc(C#N)cc2-c2nc(-c3ccccc3)cc(-c3ccccc3)n2)c(C)c1. The van der Waals surface area contributed by atoms with Crippen molar-refractivity contribution in [2.24, 2.45) is 0 Å². The van der Waals surface area contributed by atoms with Crippen LogP contribution in [0.15, 0.2) is 206 Å². The molecule has 0 unspecified atom stereocenters. The van der Waals surface area contributed by atoms with E-state index >= 15 is 0 Å². The molecule has 3 aromatic heterocycles. The Kier molecular flexibility index (Phi) is 9.91. The summed E-state index contributed by atoms with van der Waals surface area (Å²) in [6.07, 6.45) is 0. The van der Waals surface area contributed by atoms with Crippen molar-refractivity contribution >= 4 is 21.8 Å². The number of fused-ring (bicyclic) bond motifs is 3. The van der Waals surface area contributed by atoms with Crippen LogP contribution in [0.2, 0.25) is 0 Å². The molecule has 0 atom stereocenters. The van der Waals surface area contributed by atoms with E-state index < -0.39 is 0 Å². The summed E-state index contributed by atoms with van der Waals surface area (Å²) in [4.78, 5) is 21.5. The molecule has 0 aliphatic carbocycles. The highest BCUT2D eigenvalue weighted by Crippen LogP contribution is 2.43. The number of para-hydroxylation sites is 1. The van der Waals surface area contributed by atoms with Crippen molar-refractivity contribution in [2.75, 3.05) is 0 Å². The van der Waals surface area contributed by atoms with Gasteiger partial charge in [-0.15, -0.1) is 0 Å².